The topological polar surface area (TPSA) is 60.4 Å². The van der Waals surface area contributed by atoms with Gasteiger partial charge in [0.05, 0.1) is 16.3 Å². The van der Waals surface area contributed by atoms with Gasteiger partial charge in [-0.25, -0.2) is 4.98 Å². The summed E-state index contributed by atoms with van der Waals surface area (Å²) in [6, 6.07) is 8.97. The Kier molecular flexibility index (Phi) is 3.81. The van der Waals surface area contributed by atoms with E-state index >= 15 is 0 Å². The van der Waals surface area contributed by atoms with Crippen LogP contribution < -0.4 is 5.73 Å². The van der Waals surface area contributed by atoms with Crippen LogP contribution in [0.25, 0.3) is 5.65 Å². The van der Waals surface area contributed by atoms with E-state index in [1.165, 1.54) is 6.07 Å². The molecular formula is C16H13Cl2N3O. The van der Waals surface area contributed by atoms with Crippen LogP contribution in [0.1, 0.15) is 27.3 Å². The number of carbonyl (C=O) groups excluding carboxylic acids is 1. The first-order chi connectivity index (χ1) is 10.5. The molecule has 0 fully saturated rings. The molecule has 0 aliphatic carbocycles. The fraction of sp³-hybridized carbons (Fsp3) is 0.125. The number of halogens is 2. The number of fused-ring (bicyclic) bond motifs is 1. The SMILES string of the molecule is Cc1c(Cc2c(Cl)ccc(C(N)=O)c2Cl)nc2ccccn12. The predicted molar refractivity (Wildman–Crippen MR) is 87.7 cm³/mol. The molecule has 0 atom stereocenters. The molecule has 6 heteroatoms. The number of pyridine rings is 1. The third kappa shape index (κ3) is 2.45. The van der Waals surface area contributed by atoms with Crippen LogP contribution in [0.3, 0.4) is 0 Å². The Morgan fingerprint density at radius 1 is 1.27 bits per heavy atom. The van der Waals surface area contributed by atoms with E-state index in [-0.39, 0.29) is 10.6 Å². The van der Waals surface area contributed by atoms with Gasteiger partial charge in [0.2, 0.25) is 5.91 Å². The summed E-state index contributed by atoms with van der Waals surface area (Å²) in [5.41, 5.74) is 8.98. The zero-order chi connectivity index (χ0) is 15.9. The van der Waals surface area contributed by atoms with Gasteiger partial charge in [-0.3, -0.25) is 4.79 Å². The molecule has 1 amide bonds. The molecule has 3 rings (SSSR count). The number of imidazole rings is 1. The molecule has 3 aromatic rings. The molecule has 22 heavy (non-hydrogen) atoms. The van der Waals surface area contributed by atoms with Crippen molar-refractivity contribution >= 4 is 34.8 Å². The van der Waals surface area contributed by atoms with Gasteiger partial charge < -0.3 is 10.1 Å². The predicted octanol–water partition coefficient (Wildman–Crippen LogP) is 3.64. The van der Waals surface area contributed by atoms with Crippen LogP contribution in [0, 0.1) is 6.92 Å². The maximum Gasteiger partial charge on any atom is 0.250 e. The van der Waals surface area contributed by atoms with Crippen molar-refractivity contribution in [2.45, 2.75) is 13.3 Å². The standard InChI is InChI=1S/C16H13Cl2N3O/c1-9-13(20-14-4-2-3-7-21(9)14)8-11-12(17)6-5-10(15(11)18)16(19)22/h2-7H,8H2,1H3,(H2,19,22). The average Bonchev–Trinajstić information content (AvgIpc) is 2.80. The molecule has 1 aromatic carbocycles. The van der Waals surface area contributed by atoms with Crippen molar-refractivity contribution in [3.63, 3.8) is 0 Å². The minimum absolute atomic E-state index is 0.266. The van der Waals surface area contributed by atoms with Crippen LogP contribution in [0.5, 0.6) is 0 Å². The van der Waals surface area contributed by atoms with Gasteiger partial charge >= 0.3 is 0 Å². The van der Waals surface area contributed by atoms with Crippen molar-refractivity contribution in [3.8, 4) is 0 Å². The second-order valence-corrected chi connectivity index (χ2v) is 5.79. The van der Waals surface area contributed by atoms with Gasteiger partial charge in [-0.15, -0.1) is 0 Å². The number of hydrogen-bond acceptors (Lipinski definition) is 2. The van der Waals surface area contributed by atoms with Gasteiger partial charge in [0, 0.05) is 23.3 Å². The summed E-state index contributed by atoms with van der Waals surface area (Å²) in [6.07, 6.45) is 2.39. The van der Waals surface area contributed by atoms with E-state index in [4.69, 9.17) is 28.9 Å². The minimum Gasteiger partial charge on any atom is -0.366 e. The number of primary amides is 1. The van der Waals surface area contributed by atoms with E-state index in [0.717, 1.165) is 17.0 Å². The zero-order valence-electron chi connectivity index (χ0n) is 11.8. The lowest BCUT2D eigenvalue weighted by atomic mass is 10.0. The van der Waals surface area contributed by atoms with Crippen molar-refractivity contribution in [1.82, 2.24) is 9.38 Å². The van der Waals surface area contributed by atoms with Crippen LogP contribution in [-0.2, 0) is 6.42 Å². The van der Waals surface area contributed by atoms with Crippen molar-refractivity contribution in [2.75, 3.05) is 0 Å². The Balaban J connectivity index is 2.10. The smallest absolute Gasteiger partial charge is 0.250 e. The van der Waals surface area contributed by atoms with Crippen LogP contribution in [0.2, 0.25) is 10.0 Å². The lowest BCUT2D eigenvalue weighted by Crippen LogP contribution is -2.12. The number of nitrogens with two attached hydrogens (primary N) is 1. The number of rotatable bonds is 3. The highest BCUT2D eigenvalue weighted by Crippen LogP contribution is 2.30. The summed E-state index contributed by atoms with van der Waals surface area (Å²) in [6.45, 7) is 1.98. The van der Waals surface area contributed by atoms with Gasteiger partial charge in [-0.2, -0.15) is 0 Å². The highest BCUT2D eigenvalue weighted by atomic mass is 35.5. The van der Waals surface area contributed by atoms with E-state index < -0.39 is 5.91 Å². The molecular weight excluding hydrogens is 321 g/mol. The molecule has 0 bridgehead atoms. The van der Waals surface area contributed by atoms with Crippen LogP contribution in [-0.4, -0.2) is 15.3 Å². The Morgan fingerprint density at radius 3 is 2.73 bits per heavy atom. The molecule has 2 aromatic heterocycles. The summed E-state index contributed by atoms with van der Waals surface area (Å²) >= 11 is 12.5. The fourth-order valence-electron chi connectivity index (χ4n) is 2.45. The largest absolute Gasteiger partial charge is 0.366 e. The quantitative estimate of drug-likeness (QED) is 0.795. The highest BCUT2D eigenvalue weighted by molar-refractivity contribution is 6.38. The maximum absolute atomic E-state index is 11.4. The molecule has 2 heterocycles. The second kappa shape index (κ2) is 5.63. The number of hydrogen-bond donors (Lipinski definition) is 1. The highest BCUT2D eigenvalue weighted by Gasteiger charge is 2.17. The first kappa shape index (κ1) is 14.9. The molecule has 0 radical (unpaired) electrons. The number of aromatic nitrogens is 2. The number of nitrogens with zero attached hydrogens (tertiary/aromatic N) is 2. The van der Waals surface area contributed by atoms with E-state index in [1.54, 1.807) is 6.07 Å². The summed E-state index contributed by atoms with van der Waals surface area (Å²) in [5, 5.41) is 0.780. The molecule has 0 spiro atoms. The maximum atomic E-state index is 11.4. The summed E-state index contributed by atoms with van der Waals surface area (Å²) in [7, 11) is 0. The molecule has 4 nitrogen and oxygen atoms in total. The monoisotopic (exact) mass is 333 g/mol. The van der Waals surface area contributed by atoms with Crippen molar-refractivity contribution < 1.29 is 4.79 Å². The molecule has 112 valence electrons. The van der Waals surface area contributed by atoms with E-state index in [1.807, 2.05) is 35.7 Å². The first-order valence-electron chi connectivity index (χ1n) is 6.68. The third-order valence-electron chi connectivity index (χ3n) is 3.66. The number of amides is 1. The van der Waals surface area contributed by atoms with Gasteiger partial charge in [-0.05, 0) is 36.8 Å². The first-order valence-corrected chi connectivity index (χ1v) is 7.44. The zero-order valence-corrected chi connectivity index (χ0v) is 13.3. The number of aryl methyl sites for hydroxylation is 1. The van der Waals surface area contributed by atoms with E-state index in [2.05, 4.69) is 4.98 Å². The van der Waals surface area contributed by atoms with Crippen molar-refractivity contribution in [1.29, 1.82) is 0 Å². The number of benzene rings is 1. The van der Waals surface area contributed by atoms with Gasteiger partial charge in [-0.1, -0.05) is 29.3 Å². The molecule has 0 saturated heterocycles. The van der Waals surface area contributed by atoms with Gasteiger partial charge in [0.1, 0.15) is 5.65 Å². The molecule has 0 unspecified atom stereocenters. The summed E-state index contributed by atoms with van der Waals surface area (Å²) < 4.78 is 2.00. The summed E-state index contributed by atoms with van der Waals surface area (Å²) in [5.74, 6) is -0.574. The Hall–Kier alpha value is -2.04. The normalized spacial score (nSPS) is 11.0. The van der Waals surface area contributed by atoms with Gasteiger partial charge in [0.25, 0.3) is 0 Å². The molecule has 0 aliphatic rings. The third-order valence-corrected chi connectivity index (χ3v) is 4.45. The Morgan fingerprint density at radius 2 is 2.05 bits per heavy atom. The lowest BCUT2D eigenvalue weighted by molar-refractivity contribution is 0.100. The minimum atomic E-state index is -0.574. The van der Waals surface area contributed by atoms with Crippen LogP contribution in [0.4, 0.5) is 0 Å². The van der Waals surface area contributed by atoms with E-state index in [9.17, 15) is 4.79 Å². The lowest BCUT2D eigenvalue weighted by Gasteiger charge is -2.09. The van der Waals surface area contributed by atoms with Crippen molar-refractivity contribution in [3.05, 3.63) is 69.1 Å². The molecule has 0 aliphatic heterocycles. The van der Waals surface area contributed by atoms with E-state index in [0.29, 0.717) is 17.0 Å². The summed E-state index contributed by atoms with van der Waals surface area (Å²) in [4.78, 5) is 16.0. The molecule has 0 saturated carbocycles. The molecule has 2 N–H and O–H groups in total. The van der Waals surface area contributed by atoms with Gasteiger partial charge in [0.15, 0.2) is 0 Å². The number of carbonyl (C=O) groups is 1. The average molecular weight is 334 g/mol. The van der Waals surface area contributed by atoms with Crippen LogP contribution in [0.15, 0.2) is 36.5 Å². The van der Waals surface area contributed by atoms with Crippen LogP contribution >= 0.6 is 23.2 Å². The Labute approximate surface area is 137 Å². The fourth-order valence-corrected chi connectivity index (χ4v) is 3.05. The Bertz CT molecular complexity index is 886. The second-order valence-electron chi connectivity index (χ2n) is 5.00. The van der Waals surface area contributed by atoms with Crippen molar-refractivity contribution in [2.24, 2.45) is 5.73 Å².